The van der Waals surface area contributed by atoms with Crippen molar-refractivity contribution in [1.29, 1.82) is 0 Å². The number of hydrogen-bond acceptors (Lipinski definition) is 4. The highest BCUT2D eigenvalue weighted by Crippen LogP contribution is 2.38. The molecule has 50 heavy (non-hydrogen) atoms. The molecule has 2 heterocycles. The number of benzene rings is 7. The van der Waals surface area contributed by atoms with Crippen LogP contribution in [0.1, 0.15) is 24.1 Å². The molecule has 0 fully saturated rings. The van der Waals surface area contributed by atoms with Gasteiger partial charge in [-0.15, -0.1) is 0 Å². The Morgan fingerprint density at radius 2 is 0.860 bits per heavy atom. The zero-order valence-corrected chi connectivity index (χ0v) is 27.5. The van der Waals surface area contributed by atoms with Crippen LogP contribution in [0, 0.1) is 0 Å². The van der Waals surface area contributed by atoms with Crippen molar-refractivity contribution in [2.75, 3.05) is 0 Å². The zero-order valence-electron chi connectivity index (χ0n) is 27.5. The molecule has 0 atom stereocenters. The summed E-state index contributed by atoms with van der Waals surface area (Å²) in [5, 5.41) is 9.35. The smallest absolute Gasteiger partial charge is 0.164 e. The Hall–Kier alpha value is -6.26. The van der Waals surface area contributed by atoms with E-state index >= 15 is 0 Å². The molecule has 0 radical (unpaired) electrons. The lowest BCUT2D eigenvalue weighted by Crippen LogP contribution is -2.05. The van der Waals surface area contributed by atoms with Crippen LogP contribution in [0.15, 0.2) is 146 Å². The number of nitrogens with zero attached hydrogens (tertiary/aromatic N) is 4. The number of rotatable bonds is 4. The second-order valence-electron chi connectivity index (χ2n) is 13.3. The molecule has 0 spiro atoms. The summed E-state index contributed by atoms with van der Waals surface area (Å²) in [6, 6.07) is 49.6. The molecule has 0 bridgehead atoms. The fraction of sp³-hybridized carbons (Fsp3) is 0.0870. The van der Waals surface area contributed by atoms with E-state index in [2.05, 4.69) is 140 Å². The van der Waals surface area contributed by atoms with Crippen molar-refractivity contribution in [1.82, 2.24) is 19.9 Å². The molecule has 0 saturated heterocycles. The molecule has 0 amide bonds. The van der Waals surface area contributed by atoms with E-state index in [9.17, 15) is 0 Å². The van der Waals surface area contributed by atoms with Crippen molar-refractivity contribution in [2.45, 2.75) is 25.7 Å². The Labute approximate surface area is 290 Å². The summed E-state index contributed by atoms with van der Waals surface area (Å²) in [4.78, 5) is 20.6. The van der Waals surface area contributed by atoms with Gasteiger partial charge in [0.1, 0.15) is 0 Å². The number of aromatic nitrogens is 4. The summed E-state index contributed by atoms with van der Waals surface area (Å²) in [7, 11) is 0. The number of hydrogen-bond donors (Lipinski definition) is 0. The summed E-state index contributed by atoms with van der Waals surface area (Å²) in [6.45, 7) is 0. The minimum atomic E-state index is 0.648. The first-order valence-corrected chi connectivity index (χ1v) is 17.4. The van der Waals surface area contributed by atoms with Gasteiger partial charge in [0.25, 0.3) is 0 Å². The first kappa shape index (κ1) is 28.7. The Bertz CT molecular complexity index is 2630. The first-order valence-electron chi connectivity index (χ1n) is 17.4. The zero-order chi connectivity index (χ0) is 33.0. The Balaban J connectivity index is 1.19. The molecule has 1 aliphatic rings. The van der Waals surface area contributed by atoms with Crippen LogP contribution in [-0.2, 0) is 12.8 Å². The molecule has 10 rings (SSSR count). The predicted octanol–water partition coefficient (Wildman–Crippen LogP) is 11.4. The first-order chi connectivity index (χ1) is 24.8. The Morgan fingerprint density at radius 3 is 1.46 bits per heavy atom. The molecular formula is C46H32N4. The van der Waals surface area contributed by atoms with E-state index in [0.717, 1.165) is 62.2 Å². The van der Waals surface area contributed by atoms with Crippen molar-refractivity contribution in [3.8, 4) is 45.3 Å². The van der Waals surface area contributed by atoms with Gasteiger partial charge in [-0.05, 0) is 98.1 Å². The summed E-state index contributed by atoms with van der Waals surface area (Å²) < 4.78 is 0. The van der Waals surface area contributed by atoms with E-state index in [1.165, 1.54) is 45.6 Å². The van der Waals surface area contributed by atoms with Crippen LogP contribution in [0.3, 0.4) is 0 Å². The van der Waals surface area contributed by atoms with Gasteiger partial charge in [0.2, 0.25) is 0 Å². The second kappa shape index (κ2) is 11.7. The largest absolute Gasteiger partial charge is 0.260 e. The molecule has 7 aromatic carbocycles. The molecule has 4 heteroatoms. The van der Waals surface area contributed by atoms with Crippen LogP contribution in [0.2, 0.25) is 0 Å². The fourth-order valence-electron chi connectivity index (χ4n) is 7.78. The molecule has 236 valence electrons. The normalized spacial score (nSPS) is 12.9. The van der Waals surface area contributed by atoms with Crippen LogP contribution in [0.5, 0.6) is 0 Å². The third kappa shape index (κ3) is 4.83. The van der Waals surface area contributed by atoms with Crippen LogP contribution >= 0.6 is 0 Å². The maximum atomic E-state index is 5.29. The van der Waals surface area contributed by atoms with Crippen molar-refractivity contribution >= 4 is 43.1 Å². The molecule has 4 nitrogen and oxygen atoms in total. The van der Waals surface area contributed by atoms with Gasteiger partial charge < -0.3 is 0 Å². The molecule has 0 unspecified atom stereocenters. The van der Waals surface area contributed by atoms with E-state index in [-0.39, 0.29) is 0 Å². The number of pyridine rings is 1. The van der Waals surface area contributed by atoms with Crippen molar-refractivity contribution in [2.24, 2.45) is 0 Å². The lowest BCUT2D eigenvalue weighted by molar-refractivity contribution is 0.668. The standard InChI is InChI=1S/C46H32N4/c1-4-14-35-31(11-1)26-41(39-18-8-6-16-37(35)39)45-48-44(30-23-21-29(22-24-30)34-25-33-13-3-10-20-43(33)47-28-34)49-46(50-45)42-27-32-12-2-5-15-36(32)38-17-7-9-19-40(38)42/h1-2,4-9,11-12,14-19,21-28H,3,10,13,20H2. The van der Waals surface area contributed by atoms with Gasteiger partial charge in [-0.25, -0.2) is 15.0 Å². The van der Waals surface area contributed by atoms with Gasteiger partial charge >= 0.3 is 0 Å². The lowest BCUT2D eigenvalue weighted by atomic mass is 9.93. The maximum Gasteiger partial charge on any atom is 0.164 e. The molecule has 0 saturated carbocycles. The third-order valence-electron chi connectivity index (χ3n) is 10.3. The molecule has 1 aliphatic carbocycles. The quantitative estimate of drug-likeness (QED) is 0.180. The van der Waals surface area contributed by atoms with Gasteiger partial charge in [0, 0.05) is 34.1 Å². The highest BCUT2D eigenvalue weighted by atomic mass is 15.0. The molecule has 2 aromatic heterocycles. The third-order valence-corrected chi connectivity index (χ3v) is 10.3. The van der Waals surface area contributed by atoms with Crippen LogP contribution in [-0.4, -0.2) is 19.9 Å². The molecular weight excluding hydrogens is 609 g/mol. The van der Waals surface area contributed by atoms with E-state index in [0.29, 0.717) is 17.5 Å². The number of aryl methyl sites for hydroxylation is 2. The van der Waals surface area contributed by atoms with Gasteiger partial charge in [0.15, 0.2) is 17.5 Å². The van der Waals surface area contributed by atoms with Crippen LogP contribution in [0.25, 0.3) is 88.4 Å². The summed E-state index contributed by atoms with van der Waals surface area (Å²) in [5.41, 5.74) is 7.86. The van der Waals surface area contributed by atoms with Gasteiger partial charge in [-0.3, -0.25) is 4.98 Å². The van der Waals surface area contributed by atoms with Crippen molar-refractivity contribution < 1.29 is 0 Å². The van der Waals surface area contributed by atoms with E-state index in [1.807, 2.05) is 6.20 Å². The van der Waals surface area contributed by atoms with Crippen LogP contribution in [0.4, 0.5) is 0 Å². The minimum absolute atomic E-state index is 0.648. The van der Waals surface area contributed by atoms with E-state index < -0.39 is 0 Å². The van der Waals surface area contributed by atoms with Crippen molar-refractivity contribution in [3.63, 3.8) is 0 Å². The number of fused-ring (bicyclic) bond motifs is 7. The Kier molecular flexibility index (Phi) is 6.73. The topological polar surface area (TPSA) is 51.6 Å². The van der Waals surface area contributed by atoms with Crippen molar-refractivity contribution in [3.05, 3.63) is 157 Å². The molecule has 0 aliphatic heterocycles. The van der Waals surface area contributed by atoms with E-state index in [4.69, 9.17) is 19.9 Å². The molecule has 0 N–H and O–H groups in total. The van der Waals surface area contributed by atoms with Gasteiger partial charge in [0.05, 0.1) is 0 Å². The summed E-state index contributed by atoms with van der Waals surface area (Å²) in [6.07, 6.45) is 6.68. The Morgan fingerprint density at radius 1 is 0.380 bits per heavy atom. The minimum Gasteiger partial charge on any atom is -0.260 e. The average molecular weight is 641 g/mol. The van der Waals surface area contributed by atoms with Gasteiger partial charge in [-0.2, -0.15) is 0 Å². The summed E-state index contributed by atoms with van der Waals surface area (Å²) >= 11 is 0. The van der Waals surface area contributed by atoms with Gasteiger partial charge in [-0.1, -0.05) is 121 Å². The average Bonchev–Trinajstić information content (AvgIpc) is 3.20. The highest BCUT2D eigenvalue weighted by molar-refractivity contribution is 6.14. The maximum absolute atomic E-state index is 5.29. The SMILES string of the molecule is c1ccc2c(c1)cc(-c1nc(-c3ccc(-c4cnc5c(c4)CCCC5)cc3)nc(-c3cc4ccccc4c4ccccc34)n1)c1ccccc12. The summed E-state index contributed by atoms with van der Waals surface area (Å²) in [5.74, 6) is 1.97. The second-order valence-corrected chi connectivity index (χ2v) is 13.3. The molecule has 9 aromatic rings. The van der Waals surface area contributed by atoms with Crippen LogP contribution < -0.4 is 0 Å². The highest BCUT2D eigenvalue weighted by Gasteiger charge is 2.19. The predicted molar refractivity (Wildman–Crippen MR) is 206 cm³/mol. The lowest BCUT2D eigenvalue weighted by Gasteiger charge is -2.16. The van der Waals surface area contributed by atoms with E-state index in [1.54, 1.807) is 0 Å². The fourth-order valence-corrected chi connectivity index (χ4v) is 7.78. The monoisotopic (exact) mass is 640 g/mol.